The molecule has 0 bridgehead atoms. The smallest absolute Gasteiger partial charge is 0.261 e. The van der Waals surface area contributed by atoms with Crippen molar-refractivity contribution >= 4 is 28.8 Å². The first-order valence-corrected chi connectivity index (χ1v) is 7.76. The summed E-state index contributed by atoms with van der Waals surface area (Å²) in [6, 6.07) is 14.7. The normalized spacial score (nSPS) is 13.6. The minimum absolute atomic E-state index is 0.228. The number of nitrogens with one attached hydrogen (secondary N) is 1. The molecular formula is C18H16N4O2. The highest BCUT2D eigenvalue weighted by molar-refractivity contribution is 6.21. The molecule has 0 fully saturated rings. The molecule has 120 valence electrons. The molecule has 4 rings (SSSR count). The largest absolute Gasteiger partial charge is 0.344 e. The SMILES string of the molecule is CN(CCN1C(=O)c2ccccc2C1=O)c1nc2ccccc2[nH]1. The Kier molecular flexibility index (Phi) is 3.30. The number of benzene rings is 2. The van der Waals surface area contributed by atoms with Crippen molar-refractivity contribution in [2.24, 2.45) is 0 Å². The molecule has 6 heteroatoms. The van der Waals surface area contributed by atoms with Gasteiger partial charge in [-0.1, -0.05) is 24.3 Å². The quantitative estimate of drug-likeness (QED) is 0.749. The number of nitrogens with zero attached hydrogens (tertiary/aromatic N) is 3. The molecule has 0 aliphatic carbocycles. The Balaban J connectivity index is 1.49. The van der Waals surface area contributed by atoms with Gasteiger partial charge in [-0.2, -0.15) is 0 Å². The number of anilines is 1. The van der Waals surface area contributed by atoms with Gasteiger partial charge < -0.3 is 9.88 Å². The van der Waals surface area contributed by atoms with Gasteiger partial charge in [0.2, 0.25) is 5.95 Å². The predicted molar refractivity (Wildman–Crippen MR) is 91.2 cm³/mol. The van der Waals surface area contributed by atoms with E-state index >= 15 is 0 Å². The number of imide groups is 1. The Labute approximate surface area is 138 Å². The molecular weight excluding hydrogens is 304 g/mol. The lowest BCUT2D eigenvalue weighted by atomic mass is 10.1. The van der Waals surface area contributed by atoms with E-state index in [9.17, 15) is 9.59 Å². The molecule has 0 atom stereocenters. The Morgan fingerprint density at radius 2 is 1.62 bits per heavy atom. The molecule has 0 saturated heterocycles. The molecule has 0 spiro atoms. The minimum Gasteiger partial charge on any atom is -0.344 e. The van der Waals surface area contributed by atoms with Crippen molar-refractivity contribution in [2.45, 2.75) is 0 Å². The number of para-hydroxylation sites is 2. The number of aromatic amines is 1. The van der Waals surface area contributed by atoms with E-state index in [1.807, 2.05) is 36.2 Å². The van der Waals surface area contributed by atoms with Crippen LogP contribution >= 0.6 is 0 Å². The Bertz CT molecular complexity index is 879. The van der Waals surface area contributed by atoms with Crippen LogP contribution in [-0.2, 0) is 0 Å². The van der Waals surface area contributed by atoms with Gasteiger partial charge in [0, 0.05) is 20.1 Å². The molecule has 1 aliphatic heterocycles. The van der Waals surface area contributed by atoms with Crippen LogP contribution in [0.1, 0.15) is 20.7 Å². The highest BCUT2D eigenvalue weighted by atomic mass is 16.2. The van der Waals surface area contributed by atoms with Crippen molar-refractivity contribution in [3.05, 3.63) is 59.7 Å². The third kappa shape index (κ3) is 2.23. The predicted octanol–water partition coefficient (Wildman–Crippen LogP) is 2.30. The maximum Gasteiger partial charge on any atom is 0.261 e. The number of fused-ring (bicyclic) bond motifs is 2. The van der Waals surface area contributed by atoms with Gasteiger partial charge in [-0.15, -0.1) is 0 Å². The fourth-order valence-corrected chi connectivity index (χ4v) is 2.92. The summed E-state index contributed by atoms with van der Waals surface area (Å²) in [7, 11) is 1.88. The molecule has 1 N–H and O–H groups in total. The van der Waals surface area contributed by atoms with Crippen molar-refractivity contribution in [3.8, 4) is 0 Å². The molecule has 1 aliphatic rings. The summed E-state index contributed by atoms with van der Waals surface area (Å²) in [6.45, 7) is 0.825. The van der Waals surface area contributed by atoms with E-state index in [0.29, 0.717) is 30.2 Å². The highest BCUT2D eigenvalue weighted by Crippen LogP contribution is 2.22. The second-order valence-electron chi connectivity index (χ2n) is 5.81. The third-order valence-corrected chi connectivity index (χ3v) is 4.28. The van der Waals surface area contributed by atoms with Gasteiger partial charge in [0.05, 0.1) is 22.2 Å². The van der Waals surface area contributed by atoms with Crippen LogP contribution in [0.25, 0.3) is 11.0 Å². The number of aromatic nitrogens is 2. The topological polar surface area (TPSA) is 69.3 Å². The number of hydrogen-bond acceptors (Lipinski definition) is 4. The second kappa shape index (κ2) is 5.49. The van der Waals surface area contributed by atoms with Gasteiger partial charge in [0.25, 0.3) is 11.8 Å². The molecule has 0 saturated carbocycles. The van der Waals surface area contributed by atoms with E-state index in [4.69, 9.17) is 0 Å². The van der Waals surface area contributed by atoms with Crippen LogP contribution in [0.4, 0.5) is 5.95 Å². The average molecular weight is 320 g/mol. The number of likely N-dealkylation sites (N-methyl/N-ethyl adjacent to an activating group) is 1. The summed E-state index contributed by atoms with van der Waals surface area (Å²) in [4.78, 5) is 35.7. The van der Waals surface area contributed by atoms with Gasteiger partial charge in [-0.05, 0) is 24.3 Å². The lowest BCUT2D eigenvalue weighted by molar-refractivity contribution is 0.0658. The van der Waals surface area contributed by atoms with Crippen LogP contribution in [0.3, 0.4) is 0 Å². The molecule has 2 aromatic carbocycles. The number of H-pyrrole nitrogens is 1. The Morgan fingerprint density at radius 3 is 2.29 bits per heavy atom. The summed E-state index contributed by atoms with van der Waals surface area (Å²) in [5, 5.41) is 0. The van der Waals surface area contributed by atoms with Crippen LogP contribution in [0.5, 0.6) is 0 Å². The first-order chi connectivity index (χ1) is 11.6. The Hall–Kier alpha value is -3.15. The maximum absolute atomic E-state index is 12.4. The fourth-order valence-electron chi connectivity index (χ4n) is 2.92. The van der Waals surface area contributed by atoms with E-state index in [1.165, 1.54) is 4.90 Å². The molecule has 3 aromatic rings. The summed E-state index contributed by atoms with van der Waals surface area (Å²) in [5.74, 6) is 0.259. The molecule has 6 nitrogen and oxygen atoms in total. The summed E-state index contributed by atoms with van der Waals surface area (Å²) < 4.78 is 0. The standard InChI is InChI=1S/C18H16N4O2/c1-21(18-19-14-8-4-5-9-15(14)20-18)10-11-22-16(23)12-6-2-3-7-13(12)17(22)24/h2-9H,10-11H2,1H3,(H,19,20). The zero-order valence-electron chi connectivity index (χ0n) is 13.2. The second-order valence-corrected chi connectivity index (χ2v) is 5.81. The molecule has 2 amide bonds. The van der Waals surface area contributed by atoms with E-state index in [-0.39, 0.29) is 11.8 Å². The first kappa shape index (κ1) is 14.4. The molecule has 0 unspecified atom stereocenters. The van der Waals surface area contributed by atoms with Crippen molar-refractivity contribution < 1.29 is 9.59 Å². The van der Waals surface area contributed by atoms with Gasteiger partial charge in [-0.25, -0.2) is 4.98 Å². The van der Waals surface area contributed by atoms with Gasteiger partial charge in [0.15, 0.2) is 0 Å². The van der Waals surface area contributed by atoms with Crippen molar-refractivity contribution in [1.82, 2.24) is 14.9 Å². The number of carbonyl (C=O) groups excluding carboxylic acids is 2. The molecule has 1 aromatic heterocycles. The average Bonchev–Trinajstić information content (AvgIpc) is 3.14. The summed E-state index contributed by atoms with van der Waals surface area (Å²) >= 11 is 0. The number of hydrogen-bond donors (Lipinski definition) is 1. The third-order valence-electron chi connectivity index (χ3n) is 4.28. The van der Waals surface area contributed by atoms with E-state index < -0.39 is 0 Å². The number of amides is 2. The lowest BCUT2D eigenvalue weighted by Crippen LogP contribution is -2.37. The first-order valence-electron chi connectivity index (χ1n) is 7.76. The van der Waals surface area contributed by atoms with E-state index in [1.54, 1.807) is 24.3 Å². The van der Waals surface area contributed by atoms with Gasteiger partial charge in [0.1, 0.15) is 0 Å². The lowest BCUT2D eigenvalue weighted by Gasteiger charge is -2.20. The molecule has 0 radical (unpaired) electrons. The Morgan fingerprint density at radius 1 is 1.00 bits per heavy atom. The zero-order valence-corrected chi connectivity index (χ0v) is 13.2. The zero-order chi connectivity index (χ0) is 16.7. The summed E-state index contributed by atoms with van der Waals surface area (Å²) in [6.07, 6.45) is 0. The van der Waals surface area contributed by atoms with Crippen LogP contribution in [0.2, 0.25) is 0 Å². The van der Waals surface area contributed by atoms with Crippen LogP contribution in [0.15, 0.2) is 48.5 Å². The number of rotatable bonds is 4. The summed E-state index contributed by atoms with van der Waals surface area (Å²) in [5.41, 5.74) is 2.81. The number of carbonyl (C=O) groups is 2. The molecule has 2 heterocycles. The van der Waals surface area contributed by atoms with Crippen molar-refractivity contribution in [2.75, 3.05) is 25.0 Å². The van der Waals surface area contributed by atoms with E-state index in [0.717, 1.165) is 11.0 Å². The van der Waals surface area contributed by atoms with Crippen LogP contribution in [0, 0.1) is 0 Å². The van der Waals surface area contributed by atoms with E-state index in [2.05, 4.69) is 9.97 Å². The van der Waals surface area contributed by atoms with Gasteiger partial charge >= 0.3 is 0 Å². The number of imidazole rings is 1. The van der Waals surface area contributed by atoms with Crippen LogP contribution < -0.4 is 4.90 Å². The minimum atomic E-state index is -0.228. The van der Waals surface area contributed by atoms with Gasteiger partial charge in [-0.3, -0.25) is 14.5 Å². The monoisotopic (exact) mass is 320 g/mol. The fraction of sp³-hybridized carbons (Fsp3) is 0.167. The maximum atomic E-state index is 12.4. The van der Waals surface area contributed by atoms with Crippen LogP contribution in [-0.4, -0.2) is 46.8 Å². The molecule has 24 heavy (non-hydrogen) atoms. The highest BCUT2D eigenvalue weighted by Gasteiger charge is 2.34. The van der Waals surface area contributed by atoms with Crippen molar-refractivity contribution in [1.29, 1.82) is 0 Å². The van der Waals surface area contributed by atoms with Crippen molar-refractivity contribution in [3.63, 3.8) is 0 Å².